The molecule has 3 aromatic rings. The van der Waals surface area contributed by atoms with Crippen molar-refractivity contribution in [1.82, 2.24) is 9.55 Å². The van der Waals surface area contributed by atoms with E-state index in [2.05, 4.69) is 11.1 Å². The zero-order valence-electron chi connectivity index (χ0n) is 9.95. The van der Waals surface area contributed by atoms with Crippen LogP contribution >= 0.6 is 0 Å². The van der Waals surface area contributed by atoms with E-state index in [1.165, 1.54) is 0 Å². The normalized spacial score (nSPS) is 10.3. The minimum Gasteiger partial charge on any atom is -0.315 e. The van der Waals surface area contributed by atoms with E-state index < -0.39 is 0 Å². The van der Waals surface area contributed by atoms with Crippen LogP contribution in [0.4, 0.5) is 0 Å². The van der Waals surface area contributed by atoms with Crippen LogP contribution in [0.2, 0.25) is 0 Å². The van der Waals surface area contributed by atoms with Gasteiger partial charge in [0.05, 0.1) is 23.3 Å². The van der Waals surface area contributed by atoms with Crippen LogP contribution in [0.3, 0.4) is 0 Å². The SMILES string of the molecule is N#Cc1ccc(-n2ccc3cc(C=O)ncc32)cc1. The summed E-state index contributed by atoms with van der Waals surface area (Å²) in [4.78, 5) is 14.8. The van der Waals surface area contributed by atoms with Crippen molar-refractivity contribution in [3.63, 3.8) is 0 Å². The molecule has 1 aromatic carbocycles. The molecule has 0 spiro atoms. The number of nitrogens with zero attached hydrogens (tertiary/aromatic N) is 3. The Hall–Kier alpha value is -2.93. The van der Waals surface area contributed by atoms with Crippen LogP contribution in [0.15, 0.2) is 48.8 Å². The zero-order chi connectivity index (χ0) is 13.2. The molecule has 0 unspecified atom stereocenters. The van der Waals surface area contributed by atoms with E-state index in [0.29, 0.717) is 11.3 Å². The highest BCUT2D eigenvalue weighted by atomic mass is 16.1. The minimum atomic E-state index is 0.421. The lowest BCUT2D eigenvalue weighted by Gasteiger charge is -2.05. The maximum atomic E-state index is 10.7. The van der Waals surface area contributed by atoms with Crippen LogP contribution in [-0.4, -0.2) is 15.8 Å². The first-order valence-electron chi connectivity index (χ1n) is 5.74. The van der Waals surface area contributed by atoms with Crippen LogP contribution in [0.5, 0.6) is 0 Å². The molecule has 4 nitrogen and oxygen atoms in total. The number of fused-ring (bicyclic) bond motifs is 1. The summed E-state index contributed by atoms with van der Waals surface area (Å²) in [6.45, 7) is 0. The van der Waals surface area contributed by atoms with Crippen LogP contribution in [-0.2, 0) is 0 Å². The number of benzene rings is 1. The summed E-state index contributed by atoms with van der Waals surface area (Å²) in [5.41, 5.74) is 2.93. The largest absolute Gasteiger partial charge is 0.315 e. The first-order valence-corrected chi connectivity index (χ1v) is 5.74. The molecule has 0 aliphatic rings. The van der Waals surface area contributed by atoms with E-state index in [9.17, 15) is 4.79 Å². The van der Waals surface area contributed by atoms with Crippen molar-refractivity contribution in [2.75, 3.05) is 0 Å². The predicted molar refractivity (Wildman–Crippen MR) is 71.2 cm³/mol. The lowest BCUT2D eigenvalue weighted by Crippen LogP contribution is -1.93. The second kappa shape index (κ2) is 4.39. The lowest BCUT2D eigenvalue weighted by molar-refractivity contribution is 0.111. The maximum absolute atomic E-state index is 10.7. The Labute approximate surface area is 109 Å². The third-order valence-electron chi connectivity index (χ3n) is 2.99. The maximum Gasteiger partial charge on any atom is 0.168 e. The van der Waals surface area contributed by atoms with E-state index in [1.54, 1.807) is 24.4 Å². The highest BCUT2D eigenvalue weighted by Crippen LogP contribution is 2.20. The fourth-order valence-electron chi connectivity index (χ4n) is 2.04. The van der Waals surface area contributed by atoms with Gasteiger partial charge in [-0.05, 0) is 36.4 Å². The van der Waals surface area contributed by atoms with E-state index in [1.807, 2.05) is 29.0 Å². The molecular weight excluding hydrogens is 238 g/mol. The summed E-state index contributed by atoms with van der Waals surface area (Å²) >= 11 is 0. The minimum absolute atomic E-state index is 0.421. The molecule has 0 saturated carbocycles. The smallest absolute Gasteiger partial charge is 0.168 e. The molecule has 0 amide bonds. The summed E-state index contributed by atoms with van der Waals surface area (Å²) in [5.74, 6) is 0. The summed E-state index contributed by atoms with van der Waals surface area (Å²) in [5, 5.41) is 9.75. The fraction of sp³-hybridized carbons (Fsp3) is 0. The van der Waals surface area contributed by atoms with Gasteiger partial charge >= 0.3 is 0 Å². The summed E-state index contributed by atoms with van der Waals surface area (Å²) in [6, 6.07) is 13.1. The Morgan fingerprint density at radius 1 is 1.21 bits per heavy atom. The van der Waals surface area contributed by atoms with Gasteiger partial charge in [-0.3, -0.25) is 9.78 Å². The third-order valence-corrected chi connectivity index (χ3v) is 2.99. The second-order valence-electron chi connectivity index (χ2n) is 4.13. The molecular formula is C15H9N3O. The summed E-state index contributed by atoms with van der Waals surface area (Å²) < 4.78 is 1.97. The molecule has 0 atom stereocenters. The Balaban J connectivity index is 2.14. The first kappa shape index (κ1) is 11.2. The lowest BCUT2D eigenvalue weighted by atomic mass is 10.2. The van der Waals surface area contributed by atoms with Gasteiger partial charge in [0.25, 0.3) is 0 Å². The van der Waals surface area contributed by atoms with Gasteiger partial charge in [-0.2, -0.15) is 5.26 Å². The van der Waals surface area contributed by atoms with Gasteiger partial charge < -0.3 is 4.57 Å². The highest BCUT2D eigenvalue weighted by molar-refractivity contribution is 5.86. The Bertz CT molecular complexity index is 794. The van der Waals surface area contributed by atoms with Gasteiger partial charge in [0.2, 0.25) is 0 Å². The summed E-state index contributed by atoms with van der Waals surface area (Å²) in [6.07, 6.45) is 4.33. The van der Waals surface area contributed by atoms with E-state index in [4.69, 9.17) is 5.26 Å². The van der Waals surface area contributed by atoms with E-state index in [-0.39, 0.29) is 0 Å². The molecule has 0 aliphatic carbocycles. The van der Waals surface area contributed by atoms with E-state index >= 15 is 0 Å². The monoisotopic (exact) mass is 247 g/mol. The van der Waals surface area contributed by atoms with Gasteiger partial charge in [0, 0.05) is 17.3 Å². The molecule has 0 fully saturated rings. The van der Waals surface area contributed by atoms with Crippen molar-refractivity contribution in [3.05, 3.63) is 60.0 Å². The molecule has 0 aliphatic heterocycles. The number of rotatable bonds is 2. The Kier molecular flexibility index (Phi) is 2.58. The number of hydrogen-bond acceptors (Lipinski definition) is 3. The van der Waals surface area contributed by atoms with Crippen molar-refractivity contribution in [2.45, 2.75) is 0 Å². The average molecular weight is 247 g/mol. The molecule has 0 radical (unpaired) electrons. The fourth-order valence-corrected chi connectivity index (χ4v) is 2.04. The van der Waals surface area contributed by atoms with Gasteiger partial charge in [-0.15, -0.1) is 0 Å². The number of carbonyl (C=O) groups excluding carboxylic acids is 1. The molecule has 4 heteroatoms. The highest BCUT2D eigenvalue weighted by Gasteiger charge is 2.04. The van der Waals surface area contributed by atoms with Crippen molar-refractivity contribution in [1.29, 1.82) is 5.26 Å². The average Bonchev–Trinajstić information content (AvgIpc) is 2.90. The molecule has 2 heterocycles. The number of aldehydes is 1. The topological polar surface area (TPSA) is 58.7 Å². The molecule has 0 N–H and O–H groups in total. The molecule has 0 bridgehead atoms. The number of hydrogen-bond donors (Lipinski definition) is 0. The first-order chi connectivity index (χ1) is 9.31. The van der Waals surface area contributed by atoms with Gasteiger partial charge in [0.1, 0.15) is 5.69 Å². The molecule has 19 heavy (non-hydrogen) atoms. The predicted octanol–water partition coefficient (Wildman–Crippen LogP) is 2.71. The van der Waals surface area contributed by atoms with Crippen LogP contribution < -0.4 is 0 Å². The zero-order valence-corrected chi connectivity index (χ0v) is 9.95. The molecule has 0 saturated heterocycles. The quantitative estimate of drug-likeness (QED) is 0.654. The molecule has 2 aromatic heterocycles. The van der Waals surface area contributed by atoms with Crippen molar-refractivity contribution in [2.24, 2.45) is 0 Å². The van der Waals surface area contributed by atoms with Crippen LogP contribution in [0.1, 0.15) is 16.1 Å². The number of nitriles is 1. The van der Waals surface area contributed by atoms with Gasteiger partial charge in [-0.1, -0.05) is 0 Å². The van der Waals surface area contributed by atoms with Crippen molar-refractivity contribution >= 4 is 17.2 Å². The number of pyridine rings is 1. The Morgan fingerprint density at radius 2 is 2.00 bits per heavy atom. The molecule has 90 valence electrons. The van der Waals surface area contributed by atoms with E-state index in [0.717, 1.165) is 22.9 Å². The second-order valence-corrected chi connectivity index (χ2v) is 4.13. The van der Waals surface area contributed by atoms with Gasteiger partial charge in [0.15, 0.2) is 6.29 Å². The number of carbonyl (C=O) groups is 1. The molecule has 3 rings (SSSR count). The van der Waals surface area contributed by atoms with Crippen molar-refractivity contribution < 1.29 is 4.79 Å². The number of aromatic nitrogens is 2. The third kappa shape index (κ3) is 1.87. The van der Waals surface area contributed by atoms with Crippen LogP contribution in [0, 0.1) is 11.3 Å². The van der Waals surface area contributed by atoms with Gasteiger partial charge in [-0.25, -0.2) is 0 Å². The summed E-state index contributed by atoms with van der Waals surface area (Å²) in [7, 11) is 0. The van der Waals surface area contributed by atoms with Crippen LogP contribution in [0.25, 0.3) is 16.6 Å². The standard InChI is InChI=1S/C15H9N3O/c16-8-11-1-3-14(4-2-11)18-6-5-12-7-13(10-19)17-9-15(12)18/h1-7,9-10H. The van der Waals surface area contributed by atoms with Crippen molar-refractivity contribution in [3.8, 4) is 11.8 Å². The Morgan fingerprint density at radius 3 is 2.68 bits per heavy atom.